The largest absolute Gasteiger partial charge is 0.416 e. The lowest BCUT2D eigenvalue weighted by molar-refractivity contribution is 0.334. The van der Waals surface area contributed by atoms with Crippen LogP contribution < -0.4 is 11.1 Å². The van der Waals surface area contributed by atoms with Crippen LogP contribution in [0.15, 0.2) is 40.0 Å². The third-order valence-electron chi connectivity index (χ3n) is 4.43. The maximum absolute atomic E-state index is 5.82. The van der Waals surface area contributed by atoms with E-state index >= 15 is 0 Å². The molecule has 2 aromatic heterocycles. The number of rotatable bonds is 6. The number of nitrogens with one attached hydrogen (secondary N) is 1. The van der Waals surface area contributed by atoms with E-state index in [0.29, 0.717) is 28.7 Å². The predicted octanol–water partition coefficient (Wildman–Crippen LogP) is 3.92. The molecule has 8 nitrogen and oxygen atoms in total. The Labute approximate surface area is 161 Å². The van der Waals surface area contributed by atoms with E-state index in [9.17, 15) is 0 Å². The van der Waals surface area contributed by atoms with Crippen molar-refractivity contribution < 1.29 is 4.42 Å². The van der Waals surface area contributed by atoms with Gasteiger partial charge in [-0.3, -0.25) is 0 Å². The second-order valence-corrected chi connectivity index (χ2v) is 7.38. The molecule has 4 rings (SSSR count). The lowest BCUT2D eigenvalue weighted by Gasteiger charge is -2.17. The van der Waals surface area contributed by atoms with Crippen LogP contribution in [0.3, 0.4) is 0 Å². The van der Waals surface area contributed by atoms with E-state index in [4.69, 9.17) is 10.2 Å². The topological polar surface area (TPSA) is 116 Å². The number of benzene rings is 1. The molecule has 0 unspecified atom stereocenters. The second-order valence-electron chi connectivity index (χ2n) is 6.45. The van der Waals surface area contributed by atoms with Crippen molar-refractivity contribution in [3.63, 3.8) is 0 Å². The Hall–Kier alpha value is -2.68. The molecule has 1 saturated carbocycles. The summed E-state index contributed by atoms with van der Waals surface area (Å²) in [7, 11) is 0. The number of para-hydroxylation sites is 1. The van der Waals surface area contributed by atoms with E-state index in [2.05, 4.69) is 30.5 Å². The van der Waals surface area contributed by atoms with Crippen LogP contribution in [0.5, 0.6) is 0 Å². The van der Waals surface area contributed by atoms with E-state index in [1.54, 1.807) is 0 Å². The zero-order chi connectivity index (χ0) is 18.5. The highest BCUT2D eigenvalue weighted by Gasteiger charge is 2.21. The zero-order valence-corrected chi connectivity index (χ0v) is 15.7. The number of nitrogen functional groups attached to an aromatic ring is 1. The number of anilines is 3. The minimum Gasteiger partial charge on any atom is -0.416 e. The average Bonchev–Trinajstić information content (AvgIpc) is 3.17. The molecular weight excluding hydrogens is 362 g/mol. The van der Waals surface area contributed by atoms with Gasteiger partial charge in [-0.2, -0.15) is 15.0 Å². The Balaban J connectivity index is 1.40. The van der Waals surface area contributed by atoms with Crippen molar-refractivity contribution in [2.75, 3.05) is 11.1 Å². The third-order valence-corrected chi connectivity index (χ3v) is 5.24. The van der Waals surface area contributed by atoms with Crippen LogP contribution in [0.25, 0.3) is 0 Å². The third kappa shape index (κ3) is 4.73. The second kappa shape index (κ2) is 8.34. The molecule has 0 amide bonds. The molecule has 3 aromatic rings. The molecule has 1 fully saturated rings. The fourth-order valence-electron chi connectivity index (χ4n) is 3.13. The Morgan fingerprint density at radius 1 is 1.04 bits per heavy atom. The number of aromatic nitrogens is 5. The summed E-state index contributed by atoms with van der Waals surface area (Å²) in [6.45, 7) is 0. The Bertz CT molecular complexity index is 880. The van der Waals surface area contributed by atoms with Gasteiger partial charge in [0.2, 0.25) is 17.8 Å². The molecule has 0 aliphatic heterocycles. The zero-order valence-electron chi connectivity index (χ0n) is 14.8. The van der Waals surface area contributed by atoms with E-state index in [1.165, 1.54) is 31.0 Å². The van der Waals surface area contributed by atoms with Gasteiger partial charge in [0.05, 0.1) is 5.75 Å². The van der Waals surface area contributed by atoms with Crippen molar-refractivity contribution in [1.82, 2.24) is 25.1 Å². The summed E-state index contributed by atoms with van der Waals surface area (Å²) in [5.74, 6) is 2.77. The van der Waals surface area contributed by atoms with Crippen LogP contribution in [-0.4, -0.2) is 25.1 Å². The molecule has 140 valence electrons. The lowest BCUT2D eigenvalue weighted by atomic mass is 9.89. The predicted molar refractivity (Wildman–Crippen MR) is 104 cm³/mol. The van der Waals surface area contributed by atoms with Gasteiger partial charge in [0.1, 0.15) is 5.82 Å². The van der Waals surface area contributed by atoms with Crippen LogP contribution in [0.4, 0.5) is 17.6 Å². The number of hydrogen-bond donors (Lipinski definition) is 2. The van der Waals surface area contributed by atoms with Crippen molar-refractivity contribution in [3.8, 4) is 0 Å². The standard InChI is InChI=1S/C18H21N7OS/c19-16-21-14(22-17(23-16)20-13-9-5-2-6-10-13)11-27-18-25-24-15(26-18)12-7-3-1-4-8-12/h2,5-6,9-10,12H,1,3-4,7-8,11H2,(H3,19,20,21,22,23). The molecule has 0 radical (unpaired) electrons. The minimum atomic E-state index is 0.174. The fourth-order valence-corrected chi connectivity index (χ4v) is 3.75. The van der Waals surface area contributed by atoms with Crippen molar-refractivity contribution in [3.05, 3.63) is 42.0 Å². The quantitative estimate of drug-likeness (QED) is 0.611. The summed E-state index contributed by atoms with van der Waals surface area (Å²) in [6.07, 6.45) is 6.02. The fraction of sp³-hybridized carbons (Fsp3) is 0.389. The first kappa shape index (κ1) is 17.7. The Morgan fingerprint density at radius 3 is 2.67 bits per heavy atom. The maximum Gasteiger partial charge on any atom is 0.277 e. The average molecular weight is 383 g/mol. The molecule has 1 aromatic carbocycles. The van der Waals surface area contributed by atoms with Gasteiger partial charge in [-0.05, 0) is 25.0 Å². The summed E-state index contributed by atoms with van der Waals surface area (Å²) in [5.41, 5.74) is 6.71. The van der Waals surface area contributed by atoms with Gasteiger partial charge in [0, 0.05) is 11.6 Å². The monoisotopic (exact) mass is 383 g/mol. The first-order valence-electron chi connectivity index (χ1n) is 9.05. The summed E-state index contributed by atoms with van der Waals surface area (Å²) < 4.78 is 5.82. The van der Waals surface area contributed by atoms with Crippen LogP contribution in [-0.2, 0) is 5.75 Å². The molecule has 0 saturated heterocycles. The van der Waals surface area contributed by atoms with E-state index in [-0.39, 0.29) is 5.95 Å². The van der Waals surface area contributed by atoms with Crippen LogP contribution >= 0.6 is 11.8 Å². The first-order chi connectivity index (χ1) is 13.3. The van der Waals surface area contributed by atoms with Gasteiger partial charge in [-0.15, -0.1) is 10.2 Å². The summed E-state index contributed by atoms with van der Waals surface area (Å²) >= 11 is 1.41. The van der Waals surface area contributed by atoms with Crippen LogP contribution in [0, 0.1) is 0 Å². The first-order valence-corrected chi connectivity index (χ1v) is 10.0. The number of nitrogens with two attached hydrogens (primary N) is 1. The number of thioether (sulfide) groups is 1. The van der Waals surface area contributed by atoms with E-state index in [0.717, 1.165) is 24.4 Å². The van der Waals surface area contributed by atoms with Crippen LogP contribution in [0.2, 0.25) is 0 Å². The lowest BCUT2D eigenvalue weighted by Crippen LogP contribution is -2.06. The Morgan fingerprint density at radius 2 is 1.85 bits per heavy atom. The highest BCUT2D eigenvalue weighted by molar-refractivity contribution is 7.98. The van der Waals surface area contributed by atoms with Gasteiger partial charge >= 0.3 is 0 Å². The molecule has 1 aliphatic rings. The van der Waals surface area contributed by atoms with Gasteiger partial charge in [-0.25, -0.2) is 0 Å². The molecule has 1 aliphatic carbocycles. The molecular formula is C18H21N7OS. The number of nitrogens with zero attached hydrogens (tertiary/aromatic N) is 5. The normalized spacial score (nSPS) is 15.0. The molecule has 0 spiro atoms. The number of hydrogen-bond acceptors (Lipinski definition) is 9. The molecule has 27 heavy (non-hydrogen) atoms. The smallest absolute Gasteiger partial charge is 0.277 e. The SMILES string of the molecule is Nc1nc(CSc2nnc(C3CCCCC3)o2)nc(Nc2ccccc2)n1. The summed E-state index contributed by atoms with van der Waals surface area (Å²) in [4.78, 5) is 12.7. The van der Waals surface area contributed by atoms with Crippen LogP contribution in [0.1, 0.15) is 49.7 Å². The van der Waals surface area contributed by atoms with E-state index < -0.39 is 0 Å². The molecule has 0 bridgehead atoms. The van der Waals surface area contributed by atoms with Gasteiger partial charge < -0.3 is 15.5 Å². The summed E-state index contributed by atoms with van der Waals surface area (Å²) in [6, 6.07) is 9.67. The molecule has 9 heteroatoms. The van der Waals surface area contributed by atoms with Gasteiger partial charge in [0.25, 0.3) is 5.22 Å². The summed E-state index contributed by atoms with van der Waals surface area (Å²) in [5, 5.41) is 12.0. The Kier molecular flexibility index (Phi) is 5.47. The van der Waals surface area contributed by atoms with Crippen molar-refractivity contribution in [2.45, 2.75) is 49.0 Å². The highest BCUT2D eigenvalue weighted by Crippen LogP contribution is 2.33. The molecule has 2 heterocycles. The maximum atomic E-state index is 5.82. The minimum absolute atomic E-state index is 0.174. The van der Waals surface area contributed by atoms with Crippen molar-refractivity contribution in [1.29, 1.82) is 0 Å². The van der Waals surface area contributed by atoms with Crippen molar-refractivity contribution >= 4 is 29.3 Å². The molecule has 0 atom stereocenters. The highest BCUT2D eigenvalue weighted by atomic mass is 32.2. The van der Waals surface area contributed by atoms with Gasteiger partial charge in [-0.1, -0.05) is 49.2 Å². The van der Waals surface area contributed by atoms with Gasteiger partial charge in [0.15, 0.2) is 0 Å². The van der Waals surface area contributed by atoms with Crippen molar-refractivity contribution in [2.24, 2.45) is 0 Å². The van der Waals surface area contributed by atoms with E-state index in [1.807, 2.05) is 30.3 Å². The molecule has 3 N–H and O–H groups in total.